The van der Waals surface area contributed by atoms with Crippen LogP contribution in [0.5, 0.6) is 5.75 Å². The predicted molar refractivity (Wildman–Crippen MR) is 116 cm³/mol. The van der Waals surface area contributed by atoms with E-state index in [-0.39, 0.29) is 18.1 Å². The minimum Gasteiger partial charge on any atom is -0.506 e. The van der Waals surface area contributed by atoms with Crippen LogP contribution in [0.3, 0.4) is 0 Å². The molecule has 0 aliphatic carbocycles. The molecule has 0 aliphatic heterocycles. The second-order valence-electron chi connectivity index (χ2n) is 5.63. The Hall–Kier alpha value is -1.35. The van der Waals surface area contributed by atoms with Crippen LogP contribution in [0.2, 0.25) is 0 Å². The Morgan fingerprint density at radius 1 is 1.19 bits per heavy atom. The number of phenols is 1. The number of primary amides is 1. The minimum absolute atomic E-state index is 0.0372. The first-order chi connectivity index (χ1) is 12.1. The van der Waals surface area contributed by atoms with Crippen molar-refractivity contribution < 1.29 is 14.7 Å². The van der Waals surface area contributed by atoms with Gasteiger partial charge in [-0.3, -0.25) is 14.6 Å². The van der Waals surface area contributed by atoms with E-state index in [1.54, 1.807) is 12.1 Å². The zero-order valence-electron chi connectivity index (χ0n) is 13.9. The van der Waals surface area contributed by atoms with Crippen molar-refractivity contribution in [3.8, 4) is 5.75 Å². The van der Waals surface area contributed by atoms with Gasteiger partial charge in [0.05, 0.1) is 13.2 Å². The van der Waals surface area contributed by atoms with E-state index in [2.05, 4.69) is 10.3 Å². The van der Waals surface area contributed by atoms with Crippen LogP contribution in [-0.4, -0.2) is 41.5 Å². The highest BCUT2D eigenvalue weighted by Gasteiger charge is 2.22. The van der Waals surface area contributed by atoms with Crippen molar-refractivity contribution >= 4 is 63.0 Å². The van der Waals surface area contributed by atoms with Crippen molar-refractivity contribution in [2.75, 3.05) is 6.54 Å². The van der Waals surface area contributed by atoms with Gasteiger partial charge in [0.25, 0.3) is 0 Å². The maximum atomic E-state index is 12.3. The Balaban J connectivity index is 2.65. The second-order valence-corrected chi connectivity index (χ2v) is 7.96. The summed E-state index contributed by atoms with van der Waals surface area (Å²) in [6.07, 6.45) is 1.05. The summed E-state index contributed by atoms with van der Waals surface area (Å²) in [7, 11) is 0. The molecule has 0 aromatic heterocycles. The van der Waals surface area contributed by atoms with Gasteiger partial charge in [0.15, 0.2) is 5.96 Å². The van der Waals surface area contributed by atoms with Gasteiger partial charge < -0.3 is 33.4 Å². The second kappa shape index (κ2) is 10.7. The van der Waals surface area contributed by atoms with Crippen LogP contribution in [0.25, 0.3) is 0 Å². The number of nitrogens with two attached hydrogens (primary N) is 4. The molecule has 11 heteroatoms. The Morgan fingerprint density at radius 3 is 2.27 bits per heavy atom. The molecule has 0 fully saturated rings. The molecule has 0 aliphatic rings. The molecule has 26 heavy (non-hydrogen) atoms. The summed E-state index contributed by atoms with van der Waals surface area (Å²) in [5, 5.41) is 12.4. The number of aromatic hydroxyl groups is 1. The van der Waals surface area contributed by atoms with Crippen LogP contribution in [0, 0.1) is 7.14 Å². The van der Waals surface area contributed by atoms with E-state index in [4.69, 9.17) is 22.9 Å². The highest BCUT2D eigenvalue weighted by atomic mass is 127. The summed E-state index contributed by atoms with van der Waals surface area (Å²) >= 11 is 4.01. The molecule has 0 saturated heterocycles. The summed E-state index contributed by atoms with van der Waals surface area (Å²) in [6, 6.07) is 1.81. The highest BCUT2D eigenvalue weighted by Crippen LogP contribution is 2.27. The number of hydrogen-bond donors (Lipinski definition) is 6. The van der Waals surface area contributed by atoms with Crippen molar-refractivity contribution in [1.29, 1.82) is 0 Å². The normalized spacial score (nSPS) is 12.9. The summed E-state index contributed by atoms with van der Waals surface area (Å²) in [6.45, 7) is 0.332. The zero-order valence-corrected chi connectivity index (χ0v) is 18.2. The number of phenolic OH excluding ortho intramolecular Hbond substituents is 1. The molecular formula is C15H22I2N6O3. The molecule has 0 saturated carbocycles. The average Bonchev–Trinajstić information content (AvgIpc) is 2.54. The Bertz CT molecular complexity index is 671. The van der Waals surface area contributed by atoms with E-state index in [1.807, 2.05) is 45.2 Å². The largest absolute Gasteiger partial charge is 0.506 e. The Labute approximate surface area is 178 Å². The molecule has 0 radical (unpaired) electrons. The summed E-state index contributed by atoms with van der Waals surface area (Å²) < 4.78 is 1.35. The molecule has 0 spiro atoms. The number of amides is 2. The number of rotatable bonds is 9. The third kappa shape index (κ3) is 7.49. The van der Waals surface area contributed by atoms with Crippen LogP contribution in [0.1, 0.15) is 18.4 Å². The number of nitrogens with one attached hydrogen (secondary N) is 1. The molecule has 2 amide bonds. The monoisotopic (exact) mass is 588 g/mol. The molecule has 0 bridgehead atoms. The Morgan fingerprint density at radius 2 is 1.77 bits per heavy atom. The first kappa shape index (κ1) is 22.7. The number of hydrogen-bond acceptors (Lipinski definition) is 5. The van der Waals surface area contributed by atoms with Crippen molar-refractivity contribution in [2.45, 2.75) is 31.3 Å². The van der Waals surface area contributed by atoms with E-state index in [1.165, 1.54) is 0 Å². The van der Waals surface area contributed by atoms with Crippen LogP contribution < -0.4 is 28.3 Å². The van der Waals surface area contributed by atoms with E-state index < -0.39 is 23.9 Å². The molecule has 1 aromatic carbocycles. The molecule has 9 nitrogen and oxygen atoms in total. The van der Waals surface area contributed by atoms with Crippen LogP contribution in [0.15, 0.2) is 17.1 Å². The fourth-order valence-electron chi connectivity index (χ4n) is 2.15. The van der Waals surface area contributed by atoms with Gasteiger partial charge in [0.1, 0.15) is 11.8 Å². The van der Waals surface area contributed by atoms with Crippen LogP contribution in [-0.2, 0) is 16.0 Å². The lowest BCUT2D eigenvalue weighted by Crippen LogP contribution is -2.51. The lowest BCUT2D eigenvalue weighted by Gasteiger charge is -2.18. The molecule has 0 unspecified atom stereocenters. The maximum Gasteiger partial charge on any atom is 0.240 e. The van der Waals surface area contributed by atoms with E-state index in [9.17, 15) is 14.7 Å². The van der Waals surface area contributed by atoms with Crippen molar-refractivity contribution in [3.63, 3.8) is 0 Å². The van der Waals surface area contributed by atoms with Crippen LogP contribution in [0.4, 0.5) is 0 Å². The predicted octanol–water partition coefficient (Wildman–Crippen LogP) is -0.505. The van der Waals surface area contributed by atoms with E-state index in [0.717, 1.165) is 5.56 Å². The van der Waals surface area contributed by atoms with Crippen molar-refractivity contribution in [1.82, 2.24) is 5.32 Å². The van der Waals surface area contributed by atoms with Gasteiger partial charge in [-0.1, -0.05) is 0 Å². The van der Waals surface area contributed by atoms with E-state index >= 15 is 0 Å². The van der Waals surface area contributed by atoms with Gasteiger partial charge in [-0.15, -0.1) is 0 Å². The minimum atomic E-state index is -0.856. The van der Waals surface area contributed by atoms with Crippen molar-refractivity contribution in [3.05, 3.63) is 24.8 Å². The topological polar surface area (TPSA) is 183 Å². The average molecular weight is 588 g/mol. The number of carbonyl (C=O) groups excluding carboxylic acids is 2. The molecule has 2 atom stereocenters. The Kier molecular flexibility index (Phi) is 9.35. The number of halogens is 2. The molecular weight excluding hydrogens is 566 g/mol. The van der Waals surface area contributed by atoms with Gasteiger partial charge in [-0.25, -0.2) is 0 Å². The van der Waals surface area contributed by atoms with Crippen LogP contribution >= 0.6 is 45.2 Å². The third-order valence-corrected chi connectivity index (χ3v) is 5.12. The molecule has 144 valence electrons. The number of aliphatic imine (C=N–C) groups is 1. The number of carbonyl (C=O) groups is 2. The smallest absolute Gasteiger partial charge is 0.240 e. The number of benzene rings is 1. The number of nitrogens with zero attached hydrogens (tertiary/aromatic N) is 1. The van der Waals surface area contributed by atoms with Gasteiger partial charge in [-0.2, -0.15) is 0 Å². The lowest BCUT2D eigenvalue weighted by molar-refractivity contribution is -0.128. The van der Waals surface area contributed by atoms with Gasteiger partial charge in [-0.05, 0) is 82.1 Å². The summed E-state index contributed by atoms with van der Waals surface area (Å²) in [5.74, 6) is -0.968. The fraction of sp³-hybridized carbons (Fsp3) is 0.400. The molecule has 1 rings (SSSR count). The summed E-state index contributed by atoms with van der Waals surface area (Å²) in [4.78, 5) is 27.6. The molecule has 10 N–H and O–H groups in total. The first-order valence-electron chi connectivity index (χ1n) is 7.69. The zero-order chi connectivity index (χ0) is 19.9. The maximum absolute atomic E-state index is 12.3. The van der Waals surface area contributed by atoms with Crippen molar-refractivity contribution in [2.24, 2.45) is 27.9 Å². The first-order valence-corrected chi connectivity index (χ1v) is 9.85. The standard InChI is InChI=1S/C15H22I2N6O3/c16-8-4-7(5-9(17)12(8)24)6-10(18)14(26)23-11(13(19)25)2-1-3-22-15(20)21/h4-5,10-11,24H,1-3,6,18H2,(H2,19,25)(H,23,26)(H4,20,21,22)/t10-,11-/m0/s1. The quantitative estimate of drug-likeness (QED) is 0.0979. The summed E-state index contributed by atoms with van der Waals surface area (Å²) in [5.41, 5.74) is 22.5. The SMILES string of the molecule is NC(=O)[C@H](CCCN=C(N)N)NC(=O)[C@@H](N)Cc1cc(I)c(O)c(I)c1. The molecule has 0 heterocycles. The van der Waals surface area contributed by atoms with E-state index in [0.29, 0.717) is 26.5 Å². The molecule has 1 aromatic rings. The lowest BCUT2D eigenvalue weighted by atomic mass is 10.0. The van der Waals surface area contributed by atoms with Gasteiger partial charge in [0, 0.05) is 6.54 Å². The van der Waals surface area contributed by atoms with Gasteiger partial charge in [0.2, 0.25) is 11.8 Å². The highest BCUT2D eigenvalue weighted by molar-refractivity contribution is 14.1. The van der Waals surface area contributed by atoms with Gasteiger partial charge >= 0.3 is 0 Å². The third-order valence-electron chi connectivity index (χ3n) is 3.47. The number of guanidine groups is 1. The fourth-order valence-corrected chi connectivity index (χ4v) is 4.05.